The number of nitrogens with zero attached hydrogens (tertiary/aromatic N) is 2. The third-order valence-electron chi connectivity index (χ3n) is 5.72. The van der Waals surface area contributed by atoms with Crippen molar-refractivity contribution < 1.29 is 4.57 Å². The SMILES string of the molecule is Cc1cc(-c2ccccc2)ccc1-c1c2ccc(-c3cccnc3)cc2cc[n+]1C. The van der Waals surface area contributed by atoms with Gasteiger partial charge in [0.15, 0.2) is 6.20 Å². The molecule has 0 unspecified atom stereocenters. The summed E-state index contributed by atoms with van der Waals surface area (Å²) in [5, 5.41) is 2.49. The molecule has 3 aromatic carbocycles. The molecule has 0 aliphatic heterocycles. The summed E-state index contributed by atoms with van der Waals surface area (Å²) in [5.41, 5.74) is 8.59. The van der Waals surface area contributed by atoms with Gasteiger partial charge >= 0.3 is 0 Å². The molecule has 0 radical (unpaired) electrons. The monoisotopic (exact) mass is 387 g/mol. The molecule has 0 saturated carbocycles. The second-order valence-electron chi connectivity index (χ2n) is 7.71. The van der Waals surface area contributed by atoms with Crippen LogP contribution in [0.15, 0.2) is 104 Å². The quantitative estimate of drug-likeness (QED) is 0.329. The number of hydrogen-bond donors (Lipinski definition) is 0. The first-order chi connectivity index (χ1) is 14.7. The van der Waals surface area contributed by atoms with Crippen LogP contribution in [0.4, 0.5) is 0 Å². The molecule has 0 saturated heterocycles. The lowest BCUT2D eigenvalue weighted by atomic mass is 9.94. The normalized spacial score (nSPS) is 11.0. The molecule has 144 valence electrons. The number of fused-ring (bicyclic) bond motifs is 1. The number of aromatic nitrogens is 2. The Kier molecular flexibility index (Phi) is 4.61. The van der Waals surface area contributed by atoms with Crippen LogP contribution < -0.4 is 4.57 Å². The van der Waals surface area contributed by atoms with E-state index in [1.165, 1.54) is 44.3 Å². The molecule has 0 atom stereocenters. The van der Waals surface area contributed by atoms with Gasteiger partial charge in [-0.1, -0.05) is 54.6 Å². The van der Waals surface area contributed by atoms with E-state index in [1.807, 2.05) is 18.5 Å². The van der Waals surface area contributed by atoms with Gasteiger partial charge in [0.2, 0.25) is 5.69 Å². The van der Waals surface area contributed by atoms with E-state index in [-0.39, 0.29) is 0 Å². The Hall–Kier alpha value is -3.78. The maximum atomic E-state index is 4.26. The van der Waals surface area contributed by atoms with Gasteiger partial charge < -0.3 is 0 Å². The Morgan fingerprint density at radius 2 is 1.47 bits per heavy atom. The van der Waals surface area contributed by atoms with Gasteiger partial charge in [0.25, 0.3) is 0 Å². The molecule has 5 rings (SSSR count). The van der Waals surface area contributed by atoms with Crippen LogP contribution in [0, 0.1) is 6.92 Å². The minimum atomic E-state index is 1.14. The first-order valence-corrected chi connectivity index (χ1v) is 10.2. The lowest BCUT2D eigenvalue weighted by Crippen LogP contribution is -2.30. The smallest absolute Gasteiger partial charge is 0.220 e. The van der Waals surface area contributed by atoms with Gasteiger partial charge in [-0.25, -0.2) is 4.57 Å². The van der Waals surface area contributed by atoms with Crippen molar-refractivity contribution in [3.63, 3.8) is 0 Å². The zero-order valence-electron chi connectivity index (χ0n) is 17.2. The molecule has 0 bridgehead atoms. The van der Waals surface area contributed by atoms with Crippen LogP contribution in [-0.4, -0.2) is 4.98 Å². The van der Waals surface area contributed by atoms with Gasteiger partial charge in [-0.15, -0.1) is 0 Å². The highest BCUT2D eigenvalue weighted by molar-refractivity contribution is 5.96. The average Bonchev–Trinajstić information content (AvgIpc) is 2.80. The molecule has 0 aliphatic carbocycles. The number of rotatable bonds is 3. The molecule has 2 aromatic heterocycles. The van der Waals surface area contributed by atoms with Crippen molar-refractivity contribution in [1.29, 1.82) is 0 Å². The molecular weight excluding hydrogens is 364 g/mol. The summed E-state index contributed by atoms with van der Waals surface area (Å²) in [5.74, 6) is 0. The third-order valence-corrected chi connectivity index (χ3v) is 5.72. The van der Waals surface area contributed by atoms with Crippen molar-refractivity contribution in [2.75, 3.05) is 0 Å². The number of pyridine rings is 2. The molecule has 0 spiro atoms. The fourth-order valence-corrected chi connectivity index (χ4v) is 4.16. The Labute approximate surface area is 177 Å². The second-order valence-corrected chi connectivity index (χ2v) is 7.71. The number of benzene rings is 3. The zero-order chi connectivity index (χ0) is 20.5. The van der Waals surface area contributed by atoms with Crippen LogP contribution in [-0.2, 0) is 7.05 Å². The standard InChI is InChI=1S/C28H23N2/c1-20-17-22(21-7-4-3-5-8-21)10-12-26(20)28-27-13-11-23(25-9-6-15-29-19-25)18-24(27)14-16-30(28)2/h3-19H,1-2H3/q+1. The van der Waals surface area contributed by atoms with E-state index in [4.69, 9.17) is 0 Å². The predicted octanol–water partition coefficient (Wildman–Crippen LogP) is 6.37. The first kappa shape index (κ1) is 18.3. The van der Waals surface area contributed by atoms with E-state index in [2.05, 4.69) is 109 Å². The van der Waals surface area contributed by atoms with E-state index in [9.17, 15) is 0 Å². The molecule has 0 fully saturated rings. The Morgan fingerprint density at radius 1 is 0.700 bits per heavy atom. The summed E-state index contributed by atoms with van der Waals surface area (Å²) in [6, 6.07) is 30.3. The summed E-state index contributed by atoms with van der Waals surface area (Å²) in [4.78, 5) is 4.26. The van der Waals surface area contributed by atoms with Crippen molar-refractivity contribution in [3.8, 4) is 33.5 Å². The maximum Gasteiger partial charge on any atom is 0.220 e. The van der Waals surface area contributed by atoms with Gasteiger partial charge in [0.1, 0.15) is 7.05 Å². The van der Waals surface area contributed by atoms with Crippen molar-refractivity contribution in [2.24, 2.45) is 7.05 Å². The molecule has 0 N–H and O–H groups in total. The van der Waals surface area contributed by atoms with Crippen molar-refractivity contribution in [1.82, 2.24) is 4.98 Å². The van der Waals surface area contributed by atoms with E-state index in [1.54, 1.807) is 0 Å². The van der Waals surface area contributed by atoms with Crippen LogP contribution in [0.5, 0.6) is 0 Å². The molecule has 2 nitrogen and oxygen atoms in total. The second kappa shape index (κ2) is 7.57. The molecule has 2 heterocycles. The highest BCUT2D eigenvalue weighted by Gasteiger charge is 2.18. The number of hydrogen-bond acceptors (Lipinski definition) is 1. The Bertz CT molecular complexity index is 1340. The lowest BCUT2D eigenvalue weighted by molar-refractivity contribution is -0.659. The van der Waals surface area contributed by atoms with Gasteiger partial charge in [-0.3, -0.25) is 4.98 Å². The van der Waals surface area contributed by atoms with E-state index < -0.39 is 0 Å². The summed E-state index contributed by atoms with van der Waals surface area (Å²) in [7, 11) is 2.12. The van der Waals surface area contributed by atoms with Gasteiger partial charge in [-0.2, -0.15) is 0 Å². The van der Waals surface area contributed by atoms with Gasteiger partial charge in [-0.05, 0) is 58.8 Å². The fraction of sp³-hybridized carbons (Fsp3) is 0.0714. The summed E-state index contributed by atoms with van der Waals surface area (Å²) >= 11 is 0. The van der Waals surface area contributed by atoms with Crippen molar-refractivity contribution in [2.45, 2.75) is 6.92 Å². The minimum Gasteiger partial charge on any atom is -0.264 e. The average molecular weight is 388 g/mol. The van der Waals surface area contributed by atoms with E-state index >= 15 is 0 Å². The molecule has 5 aromatic rings. The van der Waals surface area contributed by atoms with E-state index in [0.29, 0.717) is 0 Å². The van der Waals surface area contributed by atoms with Crippen molar-refractivity contribution >= 4 is 10.8 Å². The Balaban J connectivity index is 1.64. The summed E-state index contributed by atoms with van der Waals surface area (Å²) in [6.07, 6.45) is 5.87. The third kappa shape index (κ3) is 3.27. The lowest BCUT2D eigenvalue weighted by Gasteiger charge is -2.11. The van der Waals surface area contributed by atoms with Crippen LogP contribution in [0.1, 0.15) is 5.56 Å². The van der Waals surface area contributed by atoms with E-state index in [0.717, 1.165) is 5.56 Å². The van der Waals surface area contributed by atoms with Crippen LogP contribution in [0.3, 0.4) is 0 Å². The summed E-state index contributed by atoms with van der Waals surface area (Å²) < 4.78 is 2.22. The molecule has 0 amide bonds. The highest BCUT2D eigenvalue weighted by Crippen LogP contribution is 2.32. The molecule has 30 heavy (non-hydrogen) atoms. The van der Waals surface area contributed by atoms with Crippen LogP contribution in [0.25, 0.3) is 44.3 Å². The number of aryl methyl sites for hydroxylation is 2. The van der Waals surface area contributed by atoms with Crippen LogP contribution >= 0.6 is 0 Å². The van der Waals surface area contributed by atoms with Crippen LogP contribution in [0.2, 0.25) is 0 Å². The largest absolute Gasteiger partial charge is 0.264 e. The Morgan fingerprint density at radius 3 is 2.23 bits per heavy atom. The van der Waals surface area contributed by atoms with Gasteiger partial charge in [0.05, 0.1) is 5.39 Å². The molecule has 0 aliphatic rings. The highest BCUT2D eigenvalue weighted by atomic mass is 14.9. The summed E-state index contributed by atoms with van der Waals surface area (Å²) in [6.45, 7) is 2.20. The zero-order valence-corrected chi connectivity index (χ0v) is 17.2. The van der Waals surface area contributed by atoms with Gasteiger partial charge in [0, 0.05) is 29.6 Å². The fourth-order valence-electron chi connectivity index (χ4n) is 4.16. The minimum absolute atomic E-state index is 1.14. The first-order valence-electron chi connectivity index (χ1n) is 10.2. The maximum absolute atomic E-state index is 4.26. The predicted molar refractivity (Wildman–Crippen MR) is 124 cm³/mol. The topological polar surface area (TPSA) is 16.8 Å². The molecule has 2 heteroatoms. The van der Waals surface area contributed by atoms with Crippen molar-refractivity contribution in [3.05, 3.63) is 109 Å². The molecular formula is C28H23N2+.